The quantitative estimate of drug-likeness (QED) is 0.805. The second kappa shape index (κ2) is 6.03. The molecule has 0 saturated carbocycles. The summed E-state index contributed by atoms with van der Waals surface area (Å²) >= 11 is 4.87. The molecule has 1 aromatic carbocycles. The van der Waals surface area contributed by atoms with E-state index >= 15 is 0 Å². The lowest BCUT2D eigenvalue weighted by Crippen LogP contribution is -1.86. The van der Waals surface area contributed by atoms with E-state index < -0.39 is 0 Å². The van der Waals surface area contributed by atoms with Gasteiger partial charge in [0.2, 0.25) is 11.7 Å². The summed E-state index contributed by atoms with van der Waals surface area (Å²) in [4.78, 5) is 4.32. The lowest BCUT2D eigenvalue weighted by atomic mass is 10.1. The molecule has 0 amide bonds. The summed E-state index contributed by atoms with van der Waals surface area (Å²) in [7, 11) is 0. The number of hydrogen-bond acceptors (Lipinski definition) is 5. The molecule has 0 radical (unpaired) electrons. The molecule has 0 unspecified atom stereocenters. The van der Waals surface area contributed by atoms with Crippen LogP contribution in [0.15, 0.2) is 27.2 Å². The van der Waals surface area contributed by atoms with Gasteiger partial charge in [-0.1, -0.05) is 21.1 Å². The molecular weight excluding hydrogens is 314 g/mol. The van der Waals surface area contributed by atoms with Gasteiger partial charge in [-0.25, -0.2) is 0 Å². The molecule has 0 atom stereocenters. The molecule has 0 saturated heterocycles. The Morgan fingerprint density at radius 3 is 3.06 bits per heavy atom. The van der Waals surface area contributed by atoms with Crippen molar-refractivity contribution >= 4 is 27.7 Å². The Hall–Kier alpha value is -1.32. The van der Waals surface area contributed by atoms with Crippen LogP contribution in [-0.4, -0.2) is 15.9 Å². The topological polar surface area (TPSA) is 62.7 Å². The van der Waals surface area contributed by atoms with Gasteiger partial charge in [-0.15, -0.1) is 11.8 Å². The van der Waals surface area contributed by atoms with Crippen molar-refractivity contribution < 1.29 is 4.52 Å². The van der Waals surface area contributed by atoms with Gasteiger partial charge in [-0.3, -0.25) is 0 Å². The monoisotopic (exact) mass is 323 g/mol. The van der Waals surface area contributed by atoms with Gasteiger partial charge in [0.05, 0.1) is 17.6 Å². The molecule has 0 aliphatic carbocycles. The highest BCUT2D eigenvalue weighted by Gasteiger charge is 2.10. The van der Waals surface area contributed by atoms with Crippen molar-refractivity contribution in [3.8, 4) is 17.5 Å². The van der Waals surface area contributed by atoms with E-state index in [2.05, 4.69) is 32.1 Å². The number of halogens is 1. The fourth-order valence-electron chi connectivity index (χ4n) is 1.48. The number of thioether (sulfide) groups is 1. The van der Waals surface area contributed by atoms with Crippen LogP contribution in [0, 0.1) is 18.3 Å². The van der Waals surface area contributed by atoms with E-state index in [9.17, 15) is 0 Å². The molecule has 2 aromatic rings. The third-order valence-corrected chi connectivity index (χ3v) is 3.57. The van der Waals surface area contributed by atoms with Gasteiger partial charge < -0.3 is 4.52 Å². The predicted octanol–water partition coefficient (Wildman–Crippen LogP) is 3.56. The Balaban J connectivity index is 2.16. The molecule has 6 heteroatoms. The molecule has 0 bridgehead atoms. The van der Waals surface area contributed by atoms with Crippen LogP contribution in [0.1, 0.15) is 11.5 Å². The standard InChI is InChI=1S/C12H10BrN3OS/c1-8-6-9(13)2-3-10(8)12-15-11(17-16-12)7-18-5-4-14/h2-3,6H,5,7H2,1H3. The maximum absolute atomic E-state index is 8.45. The zero-order valence-electron chi connectivity index (χ0n) is 9.68. The molecule has 1 aromatic heterocycles. The first-order chi connectivity index (χ1) is 8.70. The first kappa shape index (κ1) is 13.1. The van der Waals surface area contributed by atoms with Gasteiger partial charge in [0, 0.05) is 10.0 Å². The Labute approximate surface area is 118 Å². The lowest BCUT2D eigenvalue weighted by Gasteiger charge is -2.00. The molecule has 1 heterocycles. The Morgan fingerprint density at radius 2 is 2.33 bits per heavy atom. The Morgan fingerprint density at radius 1 is 1.50 bits per heavy atom. The van der Waals surface area contributed by atoms with Crippen LogP contribution >= 0.6 is 27.7 Å². The van der Waals surface area contributed by atoms with Crippen molar-refractivity contribution in [2.24, 2.45) is 0 Å². The molecule has 4 nitrogen and oxygen atoms in total. The van der Waals surface area contributed by atoms with Crippen LogP contribution in [-0.2, 0) is 5.75 Å². The summed E-state index contributed by atoms with van der Waals surface area (Å²) in [5, 5.41) is 12.4. The number of benzene rings is 1. The van der Waals surface area contributed by atoms with E-state index in [-0.39, 0.29) is 0 Å². The van der Waals surface area contributed by atoms with E-state index in [0.717, 1.165) is 15.6 Å². The summed E-state index contributed by atoms with van der Waals surface area (Å²) in [5.41, 5.74) is 2.04. The molecule has 0 spiro atoms. The summed E-state index contributed by atoms with van der Waals surface area (Å²) in [5.74, 6) is 2.13. The number of aryl methyl sites for hydroxylation is 1. The zero-order valence-corrected chi connectivity index (χ0v) is 12.1. The average Bonchev–Trinajstić information content (AvgIpc) is 2.78. The SMILES string of the molecule is Cc1cc(Br)ccc1-c1noc(CSCC#N)n1. The van der Waals surface area contributed by atoms with Gasteiger partial charge in [0.1, 0.15) is 0 Å². The minimum absolute atomic E-state index is 0.426. The van der Waals surface area contributed by atoms with Crippen LogP contribution in [0.5, 0.6) is 0 Å². The van der Waals surface area contributed by atoms with Crippen LogP contribution in [0.25, 0.3) is 11.4 Å². The van der Waals surface area contributed by atoms with Gasteiger partial charge in [-0.2, -0.15) is 10.2 Å². The second-order valence-corrected chi connectivity index (χ2v) is 5.52. The normalized spacial score (nSPS) is 10.3. The average molecular weight is 324 g/mol. The minimum Gasteiger partial charge on any atom is -0.338 e. The van der Waals surface area contributed by atoms with Crippen LogP contribution in [0.2, 0.25) is 0 Å². The summed E-state index contributed by atoms with van der Waals surface area (Å²) in [6.45, 7) is 2.00. The minimum atomic E-state index is 0.426. The van der Waals surface area contributed by atoms with E-state index in [1.54, 1.807) is 0 Å². The number of nitrogens with zero attached hydrogens (tertiary/aromatic N) is 3. The summed E-state index contributed by atoms with van der Waals surface area (Å²) < 4.78 is 6.17. The lowest BCUT2D eigenvalue weighted by molar-refractivity contribution is 0.391. The highest BCUT2D eigenvalue weighted by molar-refractivity contribution is 9.10. The maximum Gasteiger partial charge on any atom is 0.236 e. The number of hydrogen-bond donors (Lipinski definition) is 0. The predicted molar refractivity (Wildman–Crippen MR) is 73.9 cm³/mol. The van der Waals surface area contributed by atoms with E-state index in [0.29, 0.717) is 23.2 Å². The van der Waals surface area contributed by atoms with Crippen molar-refractivity contribution in [1.29, 1.82) is 5.26 Å². The molecule has 2 rings (SSSR count). The van der Waals surface area contributed by atoms with Gasteiger partial charge in [0.25, 0.3) is 0 Å². The number of rotatable bonds is 4. The first-order valence-corrected chi connectivity index (χ1v) is 7.19. The van der Waals surface area contributed by atoms with Gasteiger partial charge >= 0.3 is 0 Å². The highest BCUT2D eigenvalue weighted by atomic mass is 79.9. The van der Waals surface area contributed by atoms with Crippen molar-refractivity contribution in [2.45, 2.75) is 12.7 Å². The van der Waals surface area contributed by atoms with Gasteiger partial charge in [-0.05, 0) is 30.7 Å². The third-order valence-electron chi connectivity index (χ3n) is 2.29. The zero-order chi connectivity index (χ0) is 13.0. The van der Waals surface area contributed by atoms with Crippen molar-refractivity contribution in [1.82, 2.24) is 10.1 Å². The Bertz CT molecular complexity index is 591. The molecule has 0 fully saturated rings. The highest BCUT2D eigenvalue weighted by Crippen LogP contribution is 2.24. The molecule has 92 valence electrons. The van der Waals surface area contributed by atoms with Gasteiger partial charge in [0.15, 0.2) is 0 Å². The second-order valence-electron chi connectivity index (χ2n) is 3.62. The number of aromatic nitrogens is 2. The first-order valence-electron chi connectivity index (χ1n) is 5.24. The van der Waals surface area contributed by atoms with E-state index in [4.69, 9.17) is 9.78 Å². The largest absolute Gasteiger partial charge is 0.338 e. The molecular formula is C12H10BrN3OS. The fourth-order valence-corrected chi connectivity index (χ4v) is 2.45. The molecule has 0 aliphatic heterocycles. The summed E-state index contributed by atoms with van der Waals surface area (Å²) in [6, 6.07) is 7.97. The smallest absolute Gasteiger partial charge is 0.236 e. The van der Waals surface area contributed by atoms with Crippen molar-refractivity contribution in [2.75, 3.05) is 5.75 Å². The van der Waals surface area contributed by atoms with Crippen molar-refractivity contribution in [3.63, 3.8) is 0 Å². The summed E-state index contributed by atoms with van der Waals surface area (Å²) in [6.07, 6.45) is 0. The fraction of sp³-hybridized carbons (Fsp3) is 0.250. The molecule has 0 N–H and O–H groups in total. The third kappa shape index (κ3) is 3.12. The van der Waals surface area contributed by atoms with Crippen molar-refractivity contribution in [3.05, 3.63) is 34.1 Å². The van der Waals surface area contributed by atoms with E-state index in [1.807, 2.05) is 25.1 Å². The van der Waals surface area contributed by atoms with Crippen LogP contribution < -0.4 is 0 Å². The maximum atomic E-state index is 8.45. The van der Waals surface area contributed by atoms with Crippen LogP contribution in [0.4, 0.5) is 0 Å². The van der Waals surface area contributed by atoms with Crippen LogP contribution in [0.3, 0.4) is 0 Å². The van der Waals surface area contributed by atoms with E-state index in [1.165, 1.54) is 11.8 Å². The Kier molecular flexibility index (Phi) is 4.39. The molecule has 0 aliphatic rings. The number of nitriles is 1. The molecule has 18 heavy (non-hydrogen) atoms.